The van der Waals surface area contributed by atoms with Crippen LogP contribution in [0.5, 0.6) is 0 Å². The smallest absolute Gasteiger partial charge is 0.340 e. The molecular weight excluding hydrogens is 224 g/mol. The summed E-state index contributed by atoms with van der Waals surface area (Å²) in [5.41, 5.74) is 1.09. The molecule has 1 aromatic rings. The van der Waals surface area contributed by atoms with Crippen molar-refractivity contribution in [2.45, 2.75) is 44.5 Å². The van der Waals surface area contributed by atoms with E-state index in [1.54, 1.807) is 0 Å². The normalized spacial score (nSPS) is 21.2. The van der Waals surface area contributed by atoms with Gasteiger partial charge in [0.05, 0.1) is 5.69 Å². The van der Waals surface area contributed by atoms with E-state index in [0.717, 1.165) is 12.8 Å². The molecule has 2 nitrogen and oxygen atoms in total. The van der Waals surface area contributed by atoms with E-state index in [2.05, 4.69) is 9.97 Å². The van der Waals surface area contributed by atoms with E-state index in [1.807, 2.05) is 6.92 Å². The summed E-state index contributed by atoms with van der Waals surface area (Å²) in [4.78, 5) is 5.98. The number of fused-ring (bicyclic) bond motifs is 1. The molecular formula is C10H12F4N2. The van der Waals surface area contributed by atoms with Gasteiger partial charge in [-0.2, -0.15) is 8.78 Å². The third kappa shape index (κ3) is 1.70. The number of H-pyrrole nitrogens is 1. The Bertz CT molecular complexity index is 386. The Morgan fingerprint density at radius 1 is 1.44 bits per heavy atom. The van der Waals surface area contributed by atoms with Crippen LogP contribution < -0.4 is 0 Å². The minimum atomic E-state index is -4.18. The average Bonchev–Trinajstić information content (AvgIpc) is 2.63. The molecule has 1 N–H and O–H groups in total. The second-order valence-electron chi connectivity index (χ2n) is 4.17. The summed E-state index contributed by atoms with van der Waals surface area (Å²) in [6.45, 7) is 1.86. The first-order chi connectivity index (χ1) is 7.43. The SMILES string of the molecule is CC1CCCc2[nH]c(C(F)(F)C(F)F)nc21. The Labute approximate surface area is 90.1 Å². The fourth-order valence-corrected chi connectivity index (χ4v) is 2.00. The minimum absolute atomic E-state index is 0.0576. The van der Waals surface area contributed by atoms with Crippen LogP contribution in [0.3, 0.4) is 0 Å². The molecule has 90 valence electrons. The molecule has 1 aliphatic carbocycles. The van der Waals surface area contributed by atoms with Crippen LogP contribution in [-0.2, 0) is 12.3 Å². The van der Waals surface area contributed by atoms with Gasteiger partial charge in [-0.3, -0.25) is 0 Å². The number of imidazole rings is 1. The highest BCUT2D eigenvalue weighted by Crippen LogP contribution is 2.36. The Hall–Kier alpha value is -1.07. The minimum Gasteiger partial charge on any atom is -0.340 e. The average molecular weight is 236 g/mol. The van der Waals surface area contributed by atoms with Crippen molar-refractivity contribution in [3.63, 3.8) is 0 Å². The van der Waals surface area contributed by atoms with Crippen LogP contribution in [0, 0.1) is 0 Å². The molecule has 1 aliphatic rings. The number of hydrogen-bond acceptors (Lipinski definition) is 1. The lowest BCUT2D eigenvalue weighted by Crippen LogP contribution is -2.25. The molecule has 1 heterocycles. The van der Waals surface area contributed by atoms with Crippen LogP contribution in [0.1, 0.15) is 42.9 Å². The number of nitrogens with one attached hydrogen (secondary N) is 1. The van der Waals surface area contributed by atoms with Gasteiger partial charge in [-0.05, 0) is 19.3 Å². The third-order valence-electron chi connectivity index (χ3n) is 2.93. The van der Waals surface area contributed by atoms with E-state index in [-0.39, 0.29) is 5.92 Å². The van der Waals surface area contributed by atoms with Crippen LogP contribution in [0.2, 0.25) is 0 Å². The Balaban J connectivity index is 2.38. The number of aryl methyl sites for hydroxylation is 1. The maximum atomic E-state index is 13.0. The van der Waals surface area contributed by atoms with Crippen molar-refractivity contribution in [2.24, 2.45) is 0 Å². The summed E-state index contributed by atoms with van der Waals surface area (Å²) in [5.74, 6) is -5.03. The summed E-state index contributed by atoms with van der Waals surface area (Å²) in [7, 11) is 0. The van der Waals surface area contributed by atoms with Gasteiger partial charge in [-0.15, -0.1) is 0 Å². The van der Waals surface area contributed by atoms with Gasteiger partial charge in [-0.25, -0.2) is 13.8 Å². The highest BCUT2D eigenvalue weighted by molar-refractivity contribution is 5.23. The Kier molecular flexibility index (Phi) is 2.67. The summed E-state index contributed by atoms with van der Waals surface area (Å²) in [6, 6.07) is 0. The first kappa shape index (κ1) is 11.4. The zero-order chi connectivity index (χ0) is 11.9. The molecule has 0 aromatic carbocycles. The zero-order valence-electron chi connectivity index (χ0n) is 8.74. The molecule has 16 heavy (non-hydrogen) atoms. The molecule has 1 unspecified atom stereocenters. The quantitative estimate of drug-likeness (QED) is 0.785. The van der Waals surface area contributed by atoms with Crippen LogP contribution in [0.4, 0.5) is 17.6 Å². The molecule has 0 spiro atoms. The van der Waals surface area contributed by atoms with Crippen LogP contribution in [-0.4, -0.2) is 16.4 Å². The number of aromatic amines is 1. The van der Waals surface area contributed by atoms with Crippen molar-refractivity contribution < 1.29 is 17.6 Å². The molecule has 0 fully saturated rings. The van der Waals surface area contributed by atoms with Crippen LogP contribution in [0.25, 0.3) is 0 Å². The van der Waals surface area contributed by atoms with Crippen molar-refractivity contribution in [1.29, 1.82) is 0 Å². The van der Waals surface area contributed by atoms with Gasteiger partial charge in [-0.1, -0.05) is 6.92 Å². The van der Waals surface area contributed by atoms with Gasteiger partial charge in [0.25, 0.3) is 0 Å². The molecule has 0 radical (unpaired) electrons. The van der Waals surface area contributed by atoms with Gasteiger partial charge in [0, 0.05) is 11.6 Å². The molecule has 0 bridgehead atoms. The molecule has 6 heteroatoms. The zero-order valence-corrected chi connectivity index (χ0v) is 8.74. The number of hydrogen-bond donors (Lipinski definition) is 1. The van der Waals surface area contributed by atoms with Gasteiger partial charge in [0.2, 0.25) is 0 Å². The van der Waals surface area contributed by atoms with Crippen molar-refractivity contribution in [2.75, 3.05) is 0 Å². The first-order valence-electron chi connectivity index (χ1n) is 5.18. The van der Waals surface area contributed by atoms with E-state index in [0.29, 0.717) is 17.8 Å². The predicted molar refractivity (Wildman–Crippen MR) is 49.8 cm³/mol. The second-order valence-corrected chi connectivity index (χ2v) is 4.17. The van der Waals surface area contributed by atoms with Crippen LogP contribution >= 0.6 is 0 Å². The van der Waals surface area contributed by atoms with Crippen molar-refractivity contribution in [1.82, 2.24) is 9.97 Å². The second kappa shape index (κ2) is 3.75. The van der Waals surface area contributed by atoms with Gasteiger partial charge >= 0.3 is 12.3 Å². The number of alkyl halides is 4. The van der Waals surface area contributed by atoms with E-state index in [9.17, 15) is 17.6 Å². The Morgan fingerprint density at radius 2 is 2.12 bits per heavy atom. The highest BCUT2D eigenvalue weighted by atomic mass is 19.3. The fourth-order valence-electron chi connectivity index (χ4n) is 2.00. The summed E-state index contributed by atoms with van der Waals surface area (Å²) in [5, 5.41) is 0. The van der Waals surface area contributed by atoms with E-state index in [4.69, 9.17) is 0 Å². The summed E-state index contributed by atoms with van der Waals surface area (Å²) in [6.07, 6.45) is -1.39. The van der Waals surface area contributed by atoms with Crippen molar-refractivity contribution in [3.05, 3.63) is 17.2 Å². The van der Waals surface area contributed by atoms with Gasteiger partial charge in [0.1, 0.15) is 0 Å². The predicted octanol–water partition coefficient (Wildman–Crippen LogP) is 3.21. The maximum Gasteiger partial charge on any atom is 0.363 e. The fraction of sp³-hybridized carbons (Fsp3) is 0.700. The number of nitrogens with zero attached hydrogens (tertiary/aromatic N) is 1. The third-order valence-corrected chi connectivity index (χ3v) is 2.93. The standard InChI is InChI=1S/C10H12F4N2/c1-5-3-2-4-6-7(5)16-9(15-6)10(13,14)8(11)12/h5,8H,2-4H2,1H3,(H,15,16). The Morgan fingerprint density at radius 3 is 2.69 bits per heavy atom. The summed E-state index contributed by atoms with van der Waals surface area (Å²) >= 11 is 0. The van der Waals surface area contributed by atoms with E-state index in [1.165, 1.54) is 0 Å². The highest BCUT2D eigenvalue weighted by Gasteiger charge is 2.46. The van der Waals surface area contributed by atoms with Crippen molar-refractivity contribution in [3.8, 4) is 0 Å². The largest absolute Gasteiger partial charge is 0.363 e. The molecule has 0 saturated heterocycles. The lowest BCUT2D eigenvalue weighted by atomic mass is 9.92. The number of rotatable bonds is 2. The van der Waals surface area contributed by atoms with E-state index >= 15 is 0 Å². The number of aromatic nitrogens is 2. The van der Waals surface area contributed by atoms with Gasteiger partial charge < -0.3 is 4.98 Å². The molecule has 2 rings (SSSR count). The monoisotopic (exact) mass is 236 g/mol. The van der Waals surface area contributed by atoms with Crippen LogP contribution in [0.15, 0.2) is 0 Å². The molecule has 0 saturated carbocycles. The van der Waals surface area contributed by atoms with Crippen molar-refractivity contribution >= 4 is 0 Å². The number of halogens is 4. The molecule has 1 atom stereocenters. The summed E-state index contributed by atoms with van der Waals surface area (Å²) < 4.78 is 50.4. The lowest BCUT2D eigenvalue weighted by molar-refractivity contribution is -0.140. The topological polar surface area (TPSA) is 28.7 Å². The molecule has 1 aromatic heterocycles. The molecule has 0 aliphatic heterocycles. The van der Waals surface area contributed by atoms with Gasteiger partial charge in [0.15, 0.2) is 5.82 Å². The molecule has 0 amide bonds. The first-order valence-corrected chi connectivity index (χ1v) is 5.18. The lowest BCUT2D eigenvalue weighted by Gasteiger charge is -2.15. The van der Waals surface area contributed by atoms with E-state index < -0.39 is 18.2 Å². The maximum absolute atomic E-state index is 13.0.